The summed E-state index contributed by atoms with van der Waals surface area (Å²) >= 11 is 1.21. The van der Waals surface area contributed by atoms with E-state index in [0.717, 1.165) is 10.9 Å². The van der Waals surface area contributed by atoms with Gasteiger partial charge in [-0.05, 0) is 18.2 Å². The fourth-order valence-electron chi connectivity index (χ4n) is 1.98. The van der Waals surface area contributed by atoms with Gasteiger partial charge >= 0.3 is 5.69 Å². The van der Waals surface area contributed by atoms with E-state index in [4.69, 9.17) is 5.73 Å². The van der Waals surface area contributed by atoms with Crippen molar-refractivity contribution in [1.29, 1.82) is 0 Å². The van der Waals surface area contributed by atoms with Crippen LogP contribution in [0.2, 0.25) is 0 Å². The molecule has 3 aromatic rings. The molecule has 1 heterocycles. The first-order chi connectivity index (χ1) is 10.2. The Bertz CT molecular complexity index is 833. The van der Waals surface area contributed by atoms with Crippen LogP contribution in [0.15, 0.2) is 58.7 Å². The molecule has 0 aliphatic rings. The molecule has 0 bridgehead atoms. The molecule has 2 N–H and O–H groups in total. The predicted molar refractivity (Wildman–Crippen MR) is 81.2 cm³/mol. The largest absolute Gasteiger partial charge is 0.393 e. The highest BCUT2D eigenvalue weighted by atomic mass is 32.2. The van der Waals surface area contributed by atoms with Gasteiger partial charge in [-0.25, -0.2) is 9.97 Å². The molecule has 0 aliphatic heterocycles. The maximum Gasteiger partial charge on any atom is 0.305 e. The summed E-state index contributed by atoms with van der Waals surface area (Å²) in [4.78, 5) is 19.6. The molecular weight excluding hydrogens is 288 g/mol. The predicted octanol–water partition coefficient (Wildman–Crippen LogP) is 3.27. The molecule has 0 saturated heterocycles. The van der Waals surface area contributed by atoms with Crippen LogP contribution in [-0.2, 0) is 0 Å². The van der Waals surface area contributed by atoms with Gasteiger partial charge in [0, 0.05) is 5.39 Å². The first kappa shape index (κ1) is 13.3. The highest BCUT2D eigenvalue weighted by Gasteiger charge is 2.19. The molecule has 6 nitrogen and oxygen atoms in total. The van der Waals surface area contributed by atoms with Gasteiger partial charge in [-0.2, -0.15) is 0 Å². The van der Waals surface area contributed by atoms with Crippen LogP contribution in [-0.4, -0.2) is 14.9 Å². The van der Waals surface area contributed by atoms with E-state index in [2.05, 4.69) is 9.97 Å². The van der Waals surface area contributed by atoms with Gasteiger partial charge in [-0.1, -0.05) is 36.0 Å². The quantitative estimate of drug-likeness (QED) is 0.345. The van der Waals surface area contributed by atoms with Crippen molar-refractivity contribution in [2.45, 2.75) is 9.92 Å². The number of benzene rings is 2. The van der Waals surface area contributed by atoms with Gasteiger partial charge in [0.1, 0.15) is 17.0 Å². The molecule has 0 aliphatic carbocycles. The van der Waals surface area contributed by atoms with E-state index in [1.165, 1.54) is 24.2 Å². The molecule has 0 unspecified atom stereocenters. The summed E-state index contributed by atoms with van der Waals surface area (Å²) in [5.41, 5.74) is 6.54. The average Bonchev–Trinajstić information content (AvgIpc) is 2.47. The van der Waals surface area contributed by atoms with Crippen molar-refractivity contribution >= 4 is 34.0 Å². The zero-order valence-corrected chi connectivity index (χ0v) is 11.6. The highest BCUT2D eigenvalue weighted by molar-refractivity contribution is 7.99. The minimum absolute atomic E-state index is 0.0924. The first-order valence-electron chi connectivity index (χ1n) is 6.07. The Labute approximate surface area is 124 Å². The van der Waals surface area contributed by atoms with Gasteiger partial charge in [0.05, 0.1) is 15.3 Å². The molecule has 0 saturated carbocycles. The summed E-state index contributed by atoms with van der Waals surface area (Å²) in [6.07, 6.45) is 1.45. The third-order valence-electron chi connectivity index (χ3n) is 2.93. The fourth-order valence-corrected chi connectivity index (χ4v) is 3.01. The van der Waals surface area contributed by atoms with Crippen LogP contribution in [0.5, 0.6) is 0 Å². The lowest BCUT2D eigenvalue weighted by Crippen LogP contribution is -1.97. The van der Waals surface area contributed by atoms with Gasteiger partial charge in [0.2, 0.25) is 0 Å². The Morgan fingerprint density at radius 2 is 1.90 bits per heavy atom. The van der Waals surface area contributed by atoms with E-state index in [-0.39, 0.29) is 11.4 Å². The standard InChI is InChI=1S/C14H10N4O2S/c15-10-5-3-7-12(13(10)18(19)20)21-14-9-4-1-2-6-11(9)16-8-17-14/h1-8H,15H2. The van der Waals surface area contributed by atoms with Gasteiger partial charge in [-0.15, -0.1) is 0 Å². The number of nitro benzene ring substituents is 1. The van der Waals surface area contributed by atoms with Crippen LogP contribution in [0, 0.1) is 10.1 Å². The second kappa shape index (κ2) is 5.37. The summed E-state index contributed by atoms with van der Waals surface area (Å²) in [5.74, 6) is 0. The van der Waals surface area contributed by atoms with Crippen molar-refractivity contribution < 1.29 is 4.92 Å². The van der Waals surface area contributed by atoms with E-state index in [0.29, 0.717) is 9.92 Å². The molecule has 0 atom stereocenters. The monoisotopic (exact) mass is 298 g/mol. The van der Waals surface area contributed by atoms with Crippen molar-refractivity contribution in [2.75, 3.05) is 5.73 Å². The van der Waals surface area contributed by atoms with E-state index >= 15 is 0 Å². The highest BCUT2D eigenvalue weighted by Crippen LogP contribution is 2.39. The summed E-state index contributed by atoms with van der Waals surface area (Å²) < 4.78 is 0. The number of hydrogen-bond acceptors (Lipinski definition) is 6. The molecule has 0 spiro atoms. The Morgan fingerprint density at radius 1 is 1.10 bits per heavy atom. The van der Waals surface area contributed by atoms with E-state index in [1.807, 2.05) is 24.3 Å². The molecule has 21 heavy (non-hydrogen) atoms. The second-order valence-electron chi connectivity index (χ2n) is 4.25. The van der Waals surface area contributed by atoms with Crippen LogP contribution in [0.1, 0.15) is 0 Å². The average molecular weight is 298 g/mol. The summed E-state index contributed by atoms with van der Waals surface area (Å²) in [5, 5.41) is 12.7. The van der Waals surface area contributed by atoms with Crippen LogP contribution < -0.4 is 5.73 Å². The molecule has 1 aromatic heterocycles. The summed E-state index contributed by atoms with van der Waals surface area (Å²) in [6.45, 7) is 0. The Morgan fingerprint density at radius 3 is 2.71 bits per heavy atom. The molecule has 7 heteroatoms. The molecule has 3 rings (SSSR count). The lowest BCUT2D eigenvalue weighted by molar-refractivity contribution is -0.386. The number of hydrogen-bond donors (Lipinski definition) is 1. The second-order valence-corrected chi connectivity index (χ2v) is 5.28. The maximum absolute atomic E-state index is 11.2. The normalized spacial score (nSPS) is 10.7. The fraction of sp³-hybridized carbons (Fsp3) is 0. The van der Waals surface area contributed by atoms with Crippen molar-refractivity contribution in [1.82, 2.24) is 9.97 Å². The van der Waals surface area contributed by atoms with Gasteiger partial charge in [-0.3, -0.25) is 10.1 Å². The topological polar surface area (TPSA) is 94.9 Å². The number of nitro groups is 1. The number of nitrogens with zero attached hydrogens (tertiary/aromatic N) is 3. The van der Waals surface area contributed by atoms with Crippen molar-refractivity contribution in [2.24, 2.45) is 0 Å². The number of aromatic nitrogens is 2. The summed E-state index contributed by atoms with van der Waals surface area (Å²) in [6, 6.07) is 12.4. The zero-order chi connectivity index (χ0) is 14.8. The molecule has 104 valence electrons. The number of rotatable bonds is 3. The Hall–Kier alpha value is -2.67. The smallest absolute Gasteiger partial charge is 0.305 e. The Kier molecular flexibility index (Phi) is 3.41. The molecule has 0 radical (unpaired) electrons. The molecule has 0 fully saturated rings. The SMILES string of the molecule is Nc1cccc(Sc2ncnc3ccccc23)c1[N+](=O)[O-]. The maximum atomic E-state index is 11.2. The number of anilines is 1. The zero-order valence-electron chi connectivity index (χ0n) is 10.8. The third-order valence-corrected chi connectivity index (χ3v) is 3.99. The van der Waals surface area contributed by atoms with Crippen LogP contribution >= 0.6 is 11.8 Å². The molecular formula is C14H10N4O2S. The van der Waals surface area contributed by atoms with E-state index in [1.54, 1.807) is 12.1 Å². The number of fused-ring (bicyclic) bond motifs is 1. The lowest BCUT2D eigenvalue weighted by Gasteiger charge is -2.06. The van der Waals surface area contributed by atoms with Crippen molar-refractivity contribution in [3.63, 3.8) is 0 Å². The van der Waals surface area contributed by atoms with E-state index in [9.17, 15) is 10.1 Å². The molecule has 2 aromatic carbocycles. The number of nitrogens with two attached hydrogens (primary N) is 1. The number of nitrogen functional groups attached to an aromatic ring is 1. The lowest BCUT2D eigenvalue weighted by atomic mass is 10.2. The van der Waals surface area contributed by atoms with Crippen molar-refractivity contribution in [3.8, 4) is 0 Å². The van der Waals surface area contributed by atoms with Gasteiger partial charge in [0.15, 0.2) is 0 Å². The van der Waals surface area contributed by atoms with Crippen molar-refractivity contribution in [3.05, 3.63) is 58.9 Å². The number of para-hydroxylation sites is 2. The minimum Gasteiger partial charge on any atom is -0.393 e. The third kappa shape index (κ3) is 2.50. The van der Waals surface area contributed by atoms with Gasteiger partial charge in [0.25, 0.3) is 0 Å². The van der Waals surface area contributed by atoms with Gasteiger partial charge < -0.3 is 5.73 Å². The summed E-state index contributed by atoms with van der Waals surface area (Å²) in [7, 11) is 0. The Balaban J connectivity index is 2.12. The van der Waals surface area contributed by atoms with Crippen LogP contribution in [0.4, 0.5) is 11.4 Å². The minimum atomic E-state index is -0.471. The van der Waals surface area contributed by atoms with Crippen LogP contribution in [0.25, 0.3) is 10.9 Å². The molecule has 0 amide bonds. The first-order valence-corrected chi connectivity index (χ1v) is 6.89. The van der Waals surface area contributed by atoms with E-state index < -0.39 is 4.92 Å². The van der Waals surface area contributed by atoms with Crippen LogP contribution in [0.3, 0.4) is 0 Å².